The quantitative estimate of drug-likeness (QED) is 0.731. The minimum Gasteiger partial charge on any atom is -0.469 e. The molecule has 0 amide bonds. The molecule has 0 spiro atoms. The minimum atomic E-state index is -0.267. The molecule has 0 aliphatic rings. The van der Waals surface area contributed by atoms with E-state index in [1.165, 1.54) is 12.1 Å². The Hall–Kier alpha value is -1.88. The molecule has 0 bridgehead atoms. The molecule has 0 radical (unpaired) electrons. The van der Waals surface area contributed by atoms with Gasteiger partial charge in [0, 0.05) is 13.0 Å². The SMILES string of the molecule is Fc1ccc2c(c1)[nH]c(=S)n2CCc1ccco1. The second-order valence-electron chi connectivity index (χ2n) is 4.07. The van der Waals surface area contributed by atoms with Gasteiger partial charge in [0.05, 0.1) is 17.3 Å². The van der Waals surface area contributed by atoms with Crippen molar-refractivity contribution in [3.63, 3.8) is 0 Å². The highest BCUT2D eigenvalue weighted by atomic mass is 32.1. The van der Waals surface area contributed by atoms with E-state index in [2.05, 4.69) is 4.98 Å². The average molecular weight is 262 g/mol. The largest absolute Gasteiger partial charge is 0.469 e. The van der Waals surface area contributed by atoms with Crippen LogP contribution >= 0.6 is 12.2 Å². The molecule has 0 atom stereocenters. The van der Waals surface area contributed by atoms with E-state index in [1.54, 1.807) is 12.3 Å². The fourth-order valence-corrected chi connectivity index (χ4v) is 2.33. The van der Waals surface area contributed by atoms with Gasteiger partial charge in [-0.3, -0.25) is 0 Å². The Labute approximate surface area is 108 Å². The molecule has 18 heavy (non-hydrogen) atoms. The molecule has 1 aromatic carbocycles. The molecule has 3 aromatic rings. The van der Waals surface area contributed by atoms with E-state index in [0.717, 1.165) is 23.2 Å². The number of nitrogens with zero attached hydrogens (tertiary/aromatic N) is 1. The molecule has 0 saturated heterocycles. The van der Waals surface area contributed by atoms with Gasteiger partial charge >= 0.3 is 0 Å². The van der Waals surface area contributed by atoms with E-state index in [-0.39, 0.29) is 5.82 Å². The Morgan fingerprint density at radius 2 is 2.22 bits per heavy atom. The summed E-state index contributed by atoms with van der Waals surface area (Å²) in [7, 11) is 0. The standard InChI is InChI=1S/C13H11FN2OS/c14-9-3-4-12-11(8-9)15-13(18)16(12)6-5-10-2-1-7-17-10/h1-4,7-8H,5-6H2,(H,15,18). The number of hydrogen-bond donors (Lipinski definition) is 1. The second kappa shape index (κ2) is 4.42. The van der Waals surface area contributed by atoms with Crippen LogP contribution in [0.25, 0.3) is 11.0 Å². The number of aromatic amines is 1. The lowest BCUT2D eigenvalue weighted by atomic mass is 10.3. The number of H-pyrrole nitrogens is 1. The number of nitrogens with one attached hydrogen (secondary N) is 1. The molecular weight excluding hydrogens is 251 g/mol. The highest BCUT2D eigenvalue weighted by Gasteiger charge is 2.06. The van der Waals surface area contributed by atoms with E-state index in [1.807, 2.05) is 16.7 Å². The fraction of sp³-hybridized carbons (Fsp3) is 0.154. The van der Waals surface area contributed by atoms with Crippen LogP contribution in [0.1, 0.15) is 5.76 Å². The number of furan rings is 1. The molecule has 92 valence electrons. The molecule has 1 N–H and O–H groups in total. The van der Waals surface area contributed by atoms with Gasteiger partial charge in [-0.1, -0.05) is 0 Å². The zero-order chi connectivity index (χ0) is 12.5. The Morgan fingerprint density at radius 1 is 1.33 bits per heavy atom. The van der Waals surface area contributed by atoms with E-state index < -0.39 is 0 Å². The second-order valence-corrected chi connectivity index (χ2v) is 4.46. The first-order valence-corrected chi connectivity index (χ1v) is 6.05. The van der Waals surface area contributed by atoms with E-state index in [4.69, 9.17) is 16.6 Å². The topological polar surface area (TPSA) is 33.9 Å². The van der Waals surface area contributed by atoms with Crippen molar-refractivity contribution in [1.29, 1.82) is 0 Å². The molecule has 2 heterocycles. The van der Waals surface area contributed by atoms with Gasteiger partial charge < -0.3 is 14.0 Å². The van der Waals surface area contributed by atoms with Gasteiger partial charge in [-0.15, -0.1) is 0 Å². The van der Waals surface area contributed by atoms with Crippen molar-refractivity contribution in [1.82, 2.24) is 9.55 Å². The van der Waals surface area contributed by atoms with Gasteiger partial charge in [-0.25, -0.2) is 4.39 Å². The molecule has 3 rings (SSSR count). The smallest absolute Gasteiger partial charge is 0.178 e. The number of benzene rings is 1. The van der Waals surface area contributed by atoms with Gasteiger partial charge in [-0.2, -0.15) is 0 Å². The maximum atomic E-state index is 13.1. The molecule has 2 aromatic heterocycles. The zero-order valence-corrected chi connectivity index (χ0v) is 10.3. The molecular formula is C13H11FN2OS. The highest BCUT2D eigenvalue weighted by molar-refractivity contribution is 7.71. The van der Waals surface area contributed by atoms with Crippen molar-refractivity contribution in [2.24, 2.45) is 0 Å². The van der Waals surface area contributed by atoms with Crippen LogP contribution in [0.3, 0.4) is 0 Å². The maximum Gasteiger partial charge on any atom is 0.178 e. The minimum absolute atomic E-state index is 0.267. The molecule has 0 aliphatic carbocycles. The summed E-state index contributed by atoms with van der Waals surface area (Å²) in [6.07, 6.45) is 2.41. The van der Waals surface area contributed by atoms with Gasteiger partial charge in [0.1, 0.15) is 11.6 Å². The van der Waals surface area contributed by atoms with Gasteiger partial charge in [0.15, 0.2) is 4.77 Å². The molecule has 5 heteroatoms. The van der Waals surface area contributed by atoms with Crippen molar-refractivity contribution >= 4 is 23.3 Å². The van der Waals surface area contributed by atoms with E-state index in [0.29, 0.717) is 11.3 Å². The Balaban J connectivity index is 1.96. The third-order valence-electron chi connectivity index (χ3n) is 2.90. The van der Waals surface area contributed by atoms with Crippen LogP contribution in [-0.4, -0.2) is 9.55 Å². The van der Waals surface area contributed by atoms with Crippen LogP contribution in [0.4, 0.5) is 4.39 Å². The van der Waals surface area contributed by atoms with Crippen LogP contribution in [0.15, 0.2) is 41.0 Å². The predicted octanol–water partition coefficient (Wildman–Crippen LogP) is 3.67. The third kappa shape index (κ3) is 1.97. The molecule has 0 saturated carbocycles. The highest BCUT2D eigenvalue weighted by Crippen LogP contribution is 2.16. The Morgan fingerprint density at radius 3 is 3.00 bits per heavy atom. The first kappa shape index (κ1) is 11.2. The number of aryl methyl sites for hydroxylation is 2. The summed E-state index contributed by atoms with van der Waals surface area (Å²) in [5.74, 6) is 0.644. The zero-order valence-electron chi connectivity index (χ0n) is 9.52. The summed E-state index contributed by atoms with van der Waals surface area (Å²) in [5, 5.41) is 0. The monoisotopic (exact) mass is 262 g/mol. The van der Waals surface area contributed by atoms with Crippen molar-refractivity contribution < 1.29 is 8.81 Å². The Bertz CT molecular complexity index is 727. The van der Waals surface area contributed by atoms with E-state index >= 15 is 0 Å². The summed E-state index contributed by atoms with van der Waals surface area (Å²) in [4.78, 5) is 3.01. The van der Waals surface area contributed by atoms with E-state index in [9.17, 15) is 4.39 Å². The van der Waals surface area contributed by atoms with Gasteiger partial charge in [0.25, 0.3) is 0 Å². The summed E-state index contributed by atoms with van der Waals surface area (Å²) < 4.78 is 20.9. The van der Waals surface area contributed by atoms with Crippen molar-refractivity contribution in [2.75, 3.05) is 0 Å². The fourth-order valence-electron chi connectivity index (χ4n) is 2.03. The maximum absolute atomic E-state index is 13.1. The normalized spacial score (nSPS) is 11.2. The lowest BCUT2D eigenvalue weighted by Crippen LogP contribution is -2.00. The molecule has 3 nitrogen and oxygen atoms in total. The summed E-state index contributed by atoms with van der Waals surface area (Å²) >= 11 is 5.25. The molecule has 0 aliphatic heterocycles. The van der Waals surface area contributed by atoms with Crippen LogP contribution in [0.2, 0.25) is 0 Å². The lowest BCUT2D eigenvalue weighted by molar-refractivity contribution is 0.492. The number of imidazole rings is 1. The van der Waals surface area contributed by atoms with Crippen molar-refractivity contribution in [2.45, 2.75) is 13.0 Å². The molecule has 0 unspecified atom stereocenters. The number of rotatable bonds is 3. The first-order chi connectivity index (χ1) is 8.74. The summed E-state index contributed by atoms with van der Waals surface area (Å²) in [6, 6.07) is 8.42. The number of hydrogen-bond acceptors (Lipinski definition) is 2. The lowest BCUT2D eigenvalue weighted by Gasteiger charge is -2.02. The number of aromatic nitrogens is 2. The Kier molecular flexibility index (Phi) is 2.76. The summed E-state index contributed by atoms with van der Waals surface area (Å²) in [5.41, 5.74) is 1.63. The van der Waals surface area contributed by atoms with Gasteiger partial charge in [-0.05, 0) is 42.5 Å². The van der Waals surface area contributed by atoms with Crippen LogP contribution in [-0.2, 0) is 13.0 Å². The van der Waals surface area contributed by atoms with Crippen LogP contribution in [0, 0.1) is 10.6 Å². The van der Waals surface area contributed by atoms with Gasteiger partial charge in [0.2, 0.25) is 0 Å². The van der Waals surface area contributed by atoms with Crippen LogP contribution < -0.4 is 0 Å². The third-order valence-corrected chi connectivity index (χ3v) is 3.22. The molecule has 0 fully saturated rings. The average Bonchev–Trinajstić information content (AvgIpc) is 2.93. The van der Waals surface area contributed by atoms with Crippen LogP contribution in [0.5, 0.6) is 0 Å². The van der Waals surface area contributed by atoms with Crippen molar-refractivity contribution in [3.05, 3.63) is 52.9 Å². The van der Waals surface area contributed by atoms with Crippen molar-refractivity contribution in [3.8, 4) is 0 Å². The summed E-state index contributed by atoms with van der Waals surface area (Å²) in [6.45, 7) is 0.706. The number of halogens is 1. The first-order valence-electron chi connectivity index (χ1n) is 5.64. The predicted molar refractivity (Wildman–Crippen MR) is 69.5 cm³/mol. The number of fused-ring (bicyclic) bond motifs is 1.